The molecule has 0 N–H and O–H groups in total. The van der Waals surface area contributed by atoms with Gasteiger partial charge in [0, 0.05) is 0 Å². The number of hydrogen-bond donors (Lipinski definition) is 0. The molecule has 0 aromatic rings. The lowest BCUT2D eigenvalue weighted by Crippen LogP contribution is -2.11. The average Bonchev–Trinajstić information content (AvgIpc) is 2.29. The SMILES string of the molecule is [CH]1CCC(CCC2CC[CH]CC2)CC1. The van der Waals surface area contributed by atoms with E-state index in [1.165, 1.54) is 64.2 Å². The van der Waals surface area contributed by atoms with Gasteiger partial charge in [-0.25, -0.2) is 0 Å². The summed E-state index contributed by atoms with van der Waals surface area (Å²) in [4.78, 5) is 0. The van der Waals surface area contributed by atoms with E-state index >= 15 is 0 Å². The minimum Gasteiger partial charge on any atom is -0.0502 e. The van der Waals surface area contributed by atoms with Crippen molar-refractivity contribution in [1.82, 2.24) is 0 Å². The highest BCUT2D eigenvalue weighted by molar-refractivity contribution is 4.80. The van der Waals surface area contributed by atoms with Crippen LogP contribution in [-0.4, -0.2) is 0 Å². The molecule has 2 aliphatic rings. The molecule has 2 rings (SSSR count). The lowest BCUT2D eigenvalue weighted by atomic mass is 9.80. The Bertz CT molecular complexity index is 120. The Morgan fingerprint density at radius 1 is 0.643 bits per heavy atom. The van der Waals surface area contributed by atoms with Gasteiger partial charge in [0.25, 0.3) is 0 Å². The van der Waals surface area contributed by atoms with Crippen LogP contribution in [0.3, 0.4) is 0 Å². The van der Waals surface area contributed by atoms with Gasteiger partial charge in [0.15, 0.2) is 0 Å². The van der Waals surface area contributed by atoms with Crippen molar-refractivity contribution in [3.05, 3.63) is 12.8 Å². The van der Waals surface area contributed by atoms with Crippen LogP contribution in [0.1, 0.15) is 64.2 Å². The summed E-state index contributed by atoms with van der Waals surface area (Å²) in [6.45, 7) is 0. The van der Waals surface area contributed by atoms with Crippen LogP contribution in [0.15, 0.2) is 0 Å². The molecule has 0 nitrogen and oxygen atoms in total. The fourth-order valence-corrected chi connectivity index (χ4v) is 3.04. The van der Waals surface area contributed by atoms with E-state index in [4.69, 9.17) is 0 Å². The summed E-state index contributed by atoms with van der Waals surface area (Å²) in [6.07, 6.45) is 19.5. The van der Waals surface area contributed by atoms with Gasteiger partial charge in [-0.3, -0.25) is 0 Å². The van der Waals surface area contributed by atoms with Gasteiger partial charge in [-0.15, -0.1) is 0 Å². The predicted octanol–water partition coefficient (Wildman–Crippen LogP) is 4.56. The van der Waals surface area contributed by atoms with Crippen molar-refractivity contribution in [2.24, 2.45) is 11.8 Å². The lowest BCUT2D eigenvalue weighted by Gasteiger charge is -2.26. The Balaban J connectivity index is 1.60. The lowest BCUT2D eigenvalue weighted by molar-refractivity contribution is 0.304. The van der Waals surface area contributed by atoms with E-state index in [9.17, 15) is 0 Å². The van der Waals surface area contributed by atoms with Gasteiger partial charge in [0.05, 0.1) is 0 Å². The second-order valence-electron chi connectivity index (χ2n) is 5.20. The van der Waals surface area contributed by atoms with Gasteiger partial charge < -0.3 is 0 Å². The quantitative estimate of drug-likeness (QED) is 0.615. The first-order valence-corrected chi connectivity index (χ1v) is 6.58. The van der Waals surface area contributed by atoms with Crippen LogP contribution in [0.25, 0.3) is 0 Å². The Morgan fingerprint density at radius 2 is 1.00 bits per heavy atom. The molecule has 2 radical (unpaired) electrons. The fraction of sp³-hybridized carbons (Fsp3) is 0.857. The fourth-order valence-electron chi connectivity index (χ4n) is 3.04. The highest BCUT2D eigenvalue weighted by Gasteiger charge is 2.17. The van der Waals surface area contributed by atoms with Gasteiger partial charge in [-0.2, -0.15) is 0 Å². The minimum atomic E-state index is 1.07. The van der Waals surface area contributed by atoms with E-state index in [0.29, 0.717) is 0 Å². The van der Waals surface area contributed by atoms with Crippen molar-refractivity contribution in [3.63, 3.8) is 0 Å². The molecule has 0 unspecified atom stereocenters. The summed E-state index contributed by atoms with van der Waals surface area (Å²) >= 11 is 0. The monoisotopic (exact) mass is 192 g/mol. The first-order chi connectivity index (χ1) is 6.95. The second kappa shape index (κ2) is 5.78. The van der Waals surface area contributed by atoms with Crippen molar-refractivity contribution >= 4 is 0 Å². The van der Waals surface area contributed by atoms with E-state index < -0.39 is 0 Å². The maximum atomic E-state index is 2.48. The normalized spacial score (nSPS) is 26.6. The maximum absolute atomic E-state index is 2.48. The van der Waals surface area contributed by atoms with Crippen molar-refractivity contribution in [3.8, 4) is 0 Å². The van der Waals surface area contributed by atoms with Crippen LogP contribution in [0, 0.1) is 24.7 Å². The zero-order valence-electron chi connectivity index (χ0n) is 9.38. The topological polar surface area (TPSA) is 0 Å². The zero-order chi connectivity index (χ0) is 9.64. The molecule has 0 aliphatic heterocycles. The van der Waals surface area contributed by atoms with Crippen molar-refractivity contribution < 1.29 is 0 Å². The molecule has 0 aromatic carbocycles. The summed E-state index contributed by atoms with van der Waals surface area (Å²) in [6, 6.07) is 0. The molecule has 2 aliphatic carbocycles. The molecule has 0 spiro atoms. The van der Waals surface area contributed by atoms with E-state index in [0.717, 1.165) is 11.8 Å². The molecule has 0 saturated heterocycles. The summed E-state index contributed by atoms with van der Waals surface area (Å²) in [5, 5.41) is 0. The van der Waals surface area contributed by atoms with Crippen LogP contribution >= 0.6 is 0 Å². The molecular formula is C14H24. The van der Waals surface area contributed by atoms with Crippen LogP contribution in [0.2, 0.25) is 0 Å². The Morgan fingerprint density at radius 3 is 1.36 bits per heavy atom. The standard InChI is InChI=1S/C14H24/c1-3-7-13(8-4-1)11-12-14-9-5-2-6-10-14/h1-2,13-14H,3-12H2. The van der Waals surface area contributed by atoms with Crippen LogP contribution in [-0.2, 0) is 0 Å². The van der Waals surface area contributed by atoms with Crippen molar-refractivity contribution in [2.75, 3.05) is 0 Å². The molecule has 0 heteroatoms. The molecule has 14 heavy (non-hydrogen) atoms. The van der Waals surface area contributed by atoms with Crippen molar-refractivity contribution in [2.45, 2.75) is 64.2 Å². The highest BCUT2D eigenvalue weighted by Crippen LogP contribution is 2.32. The largest absolute Gasteiger partial charge is 0.0502 e. The molecule has 0 bridgehead atoms. The van der Waals surface area contributed by atoms with Crippen LogP contribution < -0.4 is 0 Å². The zero-order valence-corrected chi connectivity index (χ0v) is 9.38. The third kappa shape index (κ3) is 3.29. The third-order valence-corrected chi connectivity index (χ3v) is 4.10. The van der Waals surface area contributed by atoms with Crippen LogP contribution in [0.4, 0.5) is 0 Å². The van der Waals surface area contributed by atoms with Gasteiger partial charge in [-0.05, 0) is 50.4 Å². The maximum Gasteiger partial charge on any atom is -0.0386 e. The molecule has 80 valence electrons. The van der Waals surface area contributed by atoms with E-state index in [1.807, 2.05) is 0 Å². The summed E-state index contributed by atoms with van der Waals surface area (Å²) in [7, 11) is 0. The molecule has 0 aromatic heterocycles. The first-order valence-electron chi connectivity index (χ1n) is 6.58. The van der Waals surface area contributed by atoms with Crippen LogP contribution in [0.5, 0.6) is 0 Å². The Hall–Kier alpha value is 0. The van der Waals surface area contributed by atoms with E-state index in [1.54, 1.807) is 0 Å². The summed E-state index contributed by atoms with van der Waals surface area (Å²) in [5.74, 6) is 2.15. The summed E-state index contributed by atoms with van der Waals surface area (Å²) in [5.41, 5.74) is 0. The van der Waals surface area contributed by atoms with Crippen molar-refractivity contribution in [1.29, 1.82) is 0 Å². The first kappa shape index (κ1) is 10.5. The van der Waals surface area contributed by atoms with Gasteiger partial charge >= 0.3 is 0 Å². The molecule has 0 amide bonds. The van der Waals surface area contributed by atoms with Gasteiger partial charge in [-0.1, -0.05) is 38.5 Å². The number of hydrogen-bond acceptors (Lipinski definition) is 0. The van der Waals surface area contributed by atoms with Gasteiger partial charge in [0.2, 0.25) is 0 Å². The van der Waals surface area contributed by atoms with E-state index in [2.05, 4.69) is 12.8 Å². The van der Waals surface area contributed by atoms with Gasteiger partial charge in [0.1, 0.15) is 0 Å². The third-order valence-electron chi connectivity index (χ3n) is 4.10. The second-order valence-corrected chi connectivity index (χ2v) is 5.20. The predicted molar refractivity (Wildman–Crippen MR) is 61.8 cm³/mol. The number of rotatable bonds is 3. The summed E-state index contributed by atoms with van der Waals surface area (Å²) < 4.78 is 0. The molecule has 0 atom stereocenters. The molecule has 2 fully saturated rings. The Labute approximate surface area is 89.5 Å². The Kier molecular flexibility index (Phi) is 4.34. The molecular weight excluding hydrogens is 168 g/mol. The highest BCUT2D eigenvalue weighted by atomic mass is 14.2. The smallest absolute Gasteiger partial charge is 0.0386 e. The minimum absolute atomic E-state index is 1.07. The average molecular weight is 192 g/mol. The molecule has 0 heterocycles. The van der Waals surface area contributed by atoms with E-state index in [-0.39, 0.29) is 0 Å². The molecule has 2 saturated carbocycles.